The van der Waals surface area contributed by atoms with Gasteiger partial charge in [0.25, 0.3) is 0 Å². The molecule has 2 unspecified atom stereocenters. The van der Waals surface area contributed by atoms with Gasteiger partial charge in [0.05, 0.1) is 17.9 Å². The molecule has 1 aliphatic heterocycles. The molecule has 0 aromatic heterocycles. The van der Waals surface area contributed by atoms with Crippen molar-refractivity contribution in [3.63, 3.8) is 0 Å². The molecule has 2 nitrogen and oxygen atoms in total. The minimum absolute atomic E-state index is 0.310. The maximum atomic E-state index is 5.82. The number of nitrogens with zero attached hydrogens (tertiary/aromatic N) is 1. The average Bonchev–Trinajstić information content (AvgIpc) is 2.10. The lowest BCUT2D eigenvalue weighted by Gasteiger charge is -2.20. The van der Waals surface area contributed by atoms with Crippen LogP contribution in [-0.2, 0) is 4.74 Å². The van der Waals surface area contributed by atoms with Gasteiger partial charge in [0.1, 0.15) is 5.76 Å². The molecule has 14 heavy (non-hydrogen) atoms. The lowest BCUT2D eigenvalue weighted by Crippen LogP contribution is -2.17. The van der Waals surface area contributed by atoms with E-state index in [1.165, 1.54) is 6.42 Å². The van der Waals surface area contributed by atoms with E-state index in [9.17, 15) is 0 Å². The molecule has 2 atom stereocenters. The van der Waals surface area contributed by atoms with Gasteiger partial charge in [-0.1, -0.05) is 13.3 Å². The van der Waals surface area contributed by atoms with Crippen LogP contribution in [0, 0.1) is 0 Å². The van der Waals surface area contributed by atoms with Gasteiger partial charge in [-0.3, -0.25) is 4.99 Å². The summed E-state index contributed by atoms with van der Waals surface area (Å²) in [5, 5.41) is 0. The molecule has 0 aromatic rings. The average molecular weight is 195 g/mol. The van der Waals surface area contributed by atoms with Crippen LogP contribution in [0.15, 0.2) is 16.8 Å². The van der Waals surface area contributed by atoms with Crippen LogP contribution in [0.1, 0.15) is 47.0 Å². The first-order chi connectivity index (χ1) is 6.63. The van der Waals surface area contributed by atoms with Crippen molar-refractivity contribution in [3.05, 3.63) is 11.8 Å². The van der Waals surface area contributed by atoms with E-state index in [0.717, 1.165) is 24.3 Å². The van der Waals surface area contributed by atoms with Crippen molar-refractivity contribution in [1.29, 1.82) is 0 Å². The summed E-state index contributed by atoms with van der Waals surface area (Å²) in [7, 11) is 0. The first-order valence-corrected chi connectivity index (χ1v) is 5.55. The molecule has 0 aromatic carbocycles. The summed E-state index contributed by atoms with van der Waals surface area (Å²) in [6, 6.07) is 0.420. The lowest BCUT2D eigenvalue weighted by molar-refractivity contribution is 0.135. The second-order valence-corrected chi connectivity index (χ2v) is 4.08. The van der Waals surface area contributed by atoms with Crippen LogP contribution in [0.3, 0.4) is 0 Å². The van der Waals surface area contributed by atoms with E-state index in [0.29, 0.717) is 12.1 Å². The summed E-state index contributed by atoms with van der Waals surface area (Å²) in [4.78, 5) is 4.50. The van der Waals surface area contributed by atoms with Gasteiger partial charge in [-0.25, -0.2) is 0 Å². The first kappa shape index (κ1) is 11.3. The molecule has 0 N–H and O–H groups in total. The second kappa shape index (κ2) is 5.18. The fourth-order valence-electron chi connectivity index (χ4n) is 1.69. The molecule has 1 aliphatic rings. The van der Waals surface area contributed by atoms with Gasteiger partial charge < -0.3 is 4.74 Å². The molecule has 0 spiro atoms. The Morgan fingerprint density at radius 1 is 1.64 bits per heavy atom. The summed E-state index contributed by atoms with van der Waals surface area (Å²) < 4.78 is 5.82. The number of allylic oxidation sites excluding steroid dienone is 1. The van der Waals surface area contributed by atoms with E-state index < -0.39 is 0 Å². The van der Waals surface area contributed by atoms with Gasteiger partial charge in [-0.15, -0.1) is 0 Å². The number of rotatable bonds is 4. The Balaban J connectivity index is 2.49. The molecular weight excluding hydrogens is 174 g/mol. The van der Waals surface area contributed by atoms with Crippen molar-refractivity contribution in [2.75, 3.05) is 0 Å². The Labute approximate surface area is 87.1 Å². The van der Waals surface area contributed by atoms with E-state index in [4.69, 9.17) is 4.74 Å². The highest BCUT2D eigenvalue weighted by atomic mass is 16.5. The molecule has 0 amide bonds. The first-order valence-electron chi connectivity index (χ1n) is 5.55. The molecule has 80 valence electrons. The number of dihydropyridines is 1. The SMILES string of the molecule is CCCC(C)OC1=CCC(C)N=C1C. The normalized spacial score (nSPS) is 23.9. The zero-order valence-corrected chi connectivity index (χ0v) is 9.71. The summed E-state index contributed by atoms with van der Waals surface area (Å²) in [6.45, 7) is 8.46. The van der Waals surface area contributed by atoms with E-state index in [1.807, 2.05) is 6.92 Å². The van der Waals surface area contributed by atoms with E-state index in [1.54, 1.807) is 0 Å². The van der Waals surface area contributed by atoms with Crippen LogP contribution in [0.4, 0.5) is 0 Å². The molecule has 0 saturated carbocycles. The van der Waals surface area contributed by atoms with Gasteiger partial charge in [0.2, 0.25) is 0 Å². The van der Waals surface area contributed by atoms with Crippen molar-refractivity contribution in [2.24, 2.45) is 4.99 Å². The summed E-state index contributed by atoms with van der Waals surface area (Å²) >= 11 is 0. The molecule has 0 radical (unpaired) electrons. The Morgan fingerprint density at radius 2 is 2.36 bits per heavy atom. The monoisotopic (exact) mass is 195 g/mol. The Morgan fingerprint density at radius 3 is 2.93 bits per heavy atom. The van der Waals surface area contributed by atoms with Gasteiger partial charge in [0.15, 0.2) is 0 Å². The van der Waals surface area contributed by atoms with E-state index in [2.05, 4.69) is 31.8 Å². The van der Waals surface area contributed by atoms with E-state index >= 15 is 0 Å². The molecule has 0 bridgehead atoms. The number of ether oxygens (including phenoxy) is 1. The highest BCUT2D eigenvalue weighted by Gasteiger charge is 2.13. The molecule has 1 heterocycles. The fraction of sp³-hybridized carbons (Fsp3) is 0.750. The number of hydrogen-bond acceptors (Lipinski definition) is 2. The van der Waals surface area contributed by atoms with Crippen LogP contribution in [-0.4, -0.2) is 17.9 Å². The summed E-state index contributed by atoms with van der Waals surface area (Å²) in [6.07, 6.45) is 5.76. The Bertz CT molecular complexity index is 243. The molecule has 0 fully saturated rings. The van der Waals surface area contributed by atoms with Crippen LogP contribution in [0.25, 0.3) is 0 Å². The van der Waals surface area contributed by atoms with Crippen molar-refractivity contribution in [2.45, 2.75) is 59.1 Å². The topological polar surface area (TPSA) is 21.6 Å². The van der Waals surface area contributed by atoms with Crippen LogP contribution >= 0.6 is 0 Å². The third-order valence-corrected chi connectivity index (χ3v) is 2.44. The highest BCUT2D eigenvalue weighted by Crippen LogP contribution is 2.16. The zero-order chi connectivity index (χ0) is 10.6. The second-order valence-electron chi connectivity index (χ2n) is 4.08. The molecular formula is C12H21NO. The van der Waals surface area contributed by atoms with Crippen LogP contribution in [0.2, 0.25) is 0 Å². The number of aliphatic imine (C=N–C) groups is 1. The highest BCUT2D eigenvalue weighted by molar-refractivity contribution is 5.97. The molecule has 0 aliphatic carbocycles. The van der Waals surface area contributed by atoms with Crippen LogP contribution < -0.4 is 0 Å². The largest absolute Gasteiger partial charge is 0.489 e. The predicted molar refractivity (Wildman–Crippen MR) is 60.7 cm³/mol. The predicted octanol–water partition coefficient (Wildman–Crippen LogP) is 3.33. The van der Waals surface area contributed by atoms with Crippen molar-refractivity contribution in [3.8, 4) is 0 Å². The standard InChI is InChI=1S/C12H21NO/c1-5-6-10(3)14-12-8-7-9(2)13-11(12)4/h8-10H,5-7H2,1-4H3. The summed E-state index contributed by atoms with van der Waals surface area (Å²) in [5.74, 6) is 0.990. The quantitative estimate of drug-likeness (QED) is 0.674. The van der Waals surface area contributed by atoms with Crippen molar-refractivity contribution < 1.29 is 4.74 Å². The zero-order valence-electron chi connectivity index (χ0n) is 9.71. The third-order valence-electron chi connectivity index (χ3n) is 2.44. The molecule has 2 heteroatoms. The van der Waals surface area contributed by atoms with Gasteiger partial charge >= 0.3 is 0 Å². The van der Waals surface area contributed by atoms with Crippen molar-refractivity contribution in [1.82, 2.24) is 0 Å². The van der Waals surface area contributed by atoms with E-state index in [-0.39, 0.29) is 0 Å². The number of hydrogen-bond donors (Lipinski definition) is 0. The maximum absolute atomic E-state index is 5.82. The lowest BCUT2D eigenvalue weighted by atomic mass is 10.1. The summed E-state index contributed by atoms with van der Waals surface area (Å²) in [5.41, 5.74) is 1.05. The Hall–Kier alpha value is -0.790. The molecule has 0 saturated heterocycles. The molecule has 1 rings (SSSR count). The van der Waals surface area contributed by atoms with Gasteiger partial charge in [-0.05, 0) is 39.7 Å². The van der Waals surface area contributed by atoms with Gasteiger partial charge in [0, 0.05) is 0 Å². The maximum Gasteiger partial charge on any atom is 0.136 e. The van der Waals surface area contributed by atoms with Gasteiger partial charge in [-0.2, -0.15) is 0 Å². The smallest absolute Gasteiger partial charge is 0.136 e. The van der Waals surface area contributed by atoms with Crippen LogP contribution in [0.5, 0.6) is 0 Å². The fourth-order valence-corrected chi connectivity index (χ4v) is 1.69. The minimum atomic E-state index is 0.310. The third kappa shape index (κ3) is 3.17. The van der Waals surface area contributed by atoms with Crippen molar-refractivity contribution >= 4 is 5.71 Å². The minimum Gasteiger partial charge on any atom is -0.489 e. The Kier molecular flexibility index (Phi) is 4.18.